The third-order valence-corrected chi connectivity index (χ3v) is 2.97. The van der Waals surface area contributed by atoms with Crippen LogP contribution in [0.5, 0.6) is 0 Å². The lowest BCUT2D eigenvalue weighted by Gasteiger charge is -2.15. The van der Waals surface area contributed by atoms with Crippen LogP contribution in [0.15, 0.2) is 18.2 Å². The van der Waals surface area contributed by atoms with Crippen LogP contribution in [0.25, 0.3) is 0 Å². The SMILES string of the molecule is Cc1ccc(Cl)cc1NC(=O)N[C@@H](CCC(N)=O)C(=O)O. The molecule has 0 saturated carbocycles. The second-order valence-electron chi connectivity index (χ2n) is 4.45. The minimum Gasteiger partial charge on any atom is -0.480 e. The van der Waals surface area contributed by atoms with Gasteiger partial charge >= 0.3 is 12.0 Å². The van der Waals surface area contributed by atoms with Crippen LogP contribution in [0.3, 0.4) is 0 Å². The van der Waals surface area contributed by atoms with Gasteiger partial charge in [0.2, 0.25) is 5.91 Å². The van der Waals surface area contributed by atoms with Crippen molar-refractivity contribution in [2.75, 3.05) is 5.32 Å². The molecule has 0 unspecified atom stereocenters. The minimum atomic E-state index is -1.24. The maximum Gasteiger partial charge on any atom is 0.326 e. The van der Waals surface area contributed by atoms with E-state index in [4.69, 9.17) is 22.4 Å². The predicted molar refractivity (Wildman–Crippen MR) is 78.2 cm³/mol. The Kier molecular flexibility index (Phi) is 5.98. The Labute approximate surface area is 126 Å². The van der Waals surface area contributed by atoms with E-state index in [1.54, 1.807) is 25.1 Å². The molecule has 1 aromatic rings. The highest BCUT2D eigenvalue weighted by Gasteiger charge is 2.20. The van der Waals surface area contributed by atoms with Crippen LogP contribution in [0.4, 0.5) is 10.5 Å². The summed E-state index contributed by atoms with van der Waals surface area (Å²) in [6.45, 7) is 1.77. The maximum absolute atomic E-state index is 11.8. The normalized spacial score (nSPS) is 11.5. The first-order chi connectivity index (χ1) is 9.79. The number of carbonyl (C=O) groups excluding carboxylic acids is 2. The second kappa shape index (κ2) is 7.49. The van der Waals surface area contributed by atoms with Gasteiger partial charge in [-0.25, -0.2) is 9.59 Å². The lowest BCUT2D eigenvalue weighted by Crippen LogP contribution is -2.43. The van der Waals surface area contributed by atoms with Crippen molar-refractivity contribution in [3.63, 3.8) is 0 Å². The molecule has 0 aliphatic heterocycles. The molecule has 0 aliphatic carbocycles. The van der Waals surface area contributed by atoms with Gasteiger partial charge in [-0.05, 0) is 31.0 Å². The number of benzene rings is 1. The number of carboxylic acid groups (broad SMARTS) is 1. The highest BCUT2D eigenvalue weighted by molar-refractivity contribution is 6.31. The van der Waals surface area contributed by atoms with E-state index < -0.39 is 23.9 Å². The quantitative estimate of drug-likeness (QED) is 0.635. The van der Waals surface area contributed by atoms with E-state index >= 15 is 0 Å². The smallest absolute Gasteiger partial charge is 0.326 e. The topological polar surface area (TPSA) is 122 Å². The van der Waals surface area contributed by atoms with Crippen molar-refractivity contribution in [3.05, 3.63) is 28.8 Å². The molecule has 0 heterocycles. The van der Waals surface area contributed by atoms with E-state index in [1.165, 1.54) is 0 Å². The van der Waals surface area contributed by atoms with Crippen molar-refractivity contribution >= 4 is 35.2 Å². The zero-order chi connectivity index (χ0) is 16.0. The molecule has 1 atom stereocenters. The number of rotatable bonds is 6. The molecule has 1 aromatic carbocycles. The minimum absolute atomic E-state index is 0.0768. The number of halogens is 1. The molecule has 21 heavy (non-hydrogen) atoms. The first kappa shape index (κ1) is 16.8. The monoisotopic (exact) mass is 313 g/mol. The number of aliphatic carboxylic acids is 1. The molecule has 0 aliphatic rings. The fraction of sp³-hybridized carbons (Fsp3) is 0.308. The molecule has 0 fully saturated rings. The van der Waals surface area contributed by atoms with Crippen molar-refractivity contribution in [3.8, 4) is 0 Å². The molecule has 7 nitrogen and oxygen atoms in total. The van der Waals surface area contributed by atoms with E-state index in [9.17, 15) is 14.4 Å². The highest BCUT2D eigenvalue weighted by Crippen LogP contribution is 2.20. The summed E-state index contributed by atoms with van der Waals surface area (Å²) in [5.41, 5.74) is 6.20. The molecule has 0 aromatic heterocycles. The van der Waals surface area contributed by atoms with Gasteiger partial charge in [0.1, 0.15) is 6.04 Å². The number of carboxylic acids is 1. The average Bonchev–Trinajstić information content (AvgIpc) is 2.38. The number of primary amides is 1. The Morgan fingerprint density at radius 2 is 2.05 bits per heavy atom. The Bertz CT molecular complexity index is 562. The van der Waals surface area contributed by atoms with Crippen LogP contribution in [0, 0.1) is 6.92 Å². The van der Waals surface area contributed by atoms with Crippen LogP contribution in [-0.2, 0) is 9.59 Å². The predicted octanol–water partition coefficient (Wildman–Crippen LogP) is 1.49. The summed E-state index contributed by atoms with van der Waals surface area (Å²) < 4.78 is 0. The van der Waals surface area contributed by atoms with Crippen LogP contribution >= 0.6 is 11.6 Å². The van der Waals surface area contributed by atoms with E-state index in [-0.39, 0.29) is 12.8 Å². The summed E-state index contributed by atoms with van der Waals surface area (Å²) in [5, 5.41) is 14.2. The van der Waals surface area contributed by atoms with Gasteiger partial charge in [-0.15, -0.1) is 0 Å². The van der Waals surface area contributed by atoms with Crippen molar-refractivity contribution < 1.29 is 19.5 Å². The largest absolute Gasteiger partial charge is 0.480 e. The Morgan fingerprint density at radius 3 is 2.62 bits per heavy atom. The summed E-state index contributed by atoms with van der Waals surface area (Å²) in [5.74, 6) is -1.87. The van der Waals surface area contributed by atoms with Gasteiger partial charge in [0, 0.05) is 17.1 Å². The zero-order valence-electron chi connectivity index (χ0n) is 11.4. The molecular formula is C13H16ClN3O4. The number of amides is 3. The van der Waals surface area contributed by atoms with Crippen LogP contribution in [0.2, 0.25) is 5.02 Å². The van der Waals surface area contributed by atoms with Crippen LogP contribution in [-0.4, -0.2) is 29.1 Å². The number of nitrogens with one attached hydrogen (secondary N) is 2. The van der Waals surface area contributed by atoms with Crippen LogP contribution < -0.4 is 16.4 Å². The number of anilines is 1. The number of hydrogen-bond acceptors (Lipinski definition) is 3. The van der Waals surface area contributed by atoms with Gasteiger partial charge < -0.3 is 21.5 Å². The third kappa shape index (κ3) is 5.70. The molecule has 0 spiro atoms. The van der Waals surface area contributed by atoms with E-state index in [0.717, 1.165) is 5.56 Å². The molecule has 0 radical (unpaired) electrons. The fourth-order valence-electron chi connectivity index (χ4n) is 1.59. The number of aryl methyl sites for hydroxylation is 1. The standard InChI is InChI=1S/C13H16ClN3O4/c1-7-2-3-8(14)6-10(7)17-13(21)16-9(12(19)20)4-5-11(15)18/h2-3,6,9H,4-5H2,1H3,(H2,15,18)(H,19,20)(H2,16,17,21)/t9-/m0/s1. The second-order valence-corrected chi connectivity index (χ2v) is 4.89. The molecule has 114 valence electrons. The van der Waals surface area contributed by atoms with E-state index in [0.29, 0.717) is 10.7 Å². The molecular weight excluding hydrogens is 298 g/mol. The van der Waals surface area contributed by atoms with E-state index in [2.05, 4.69) is 10.6 Å². The Hall–Kier alpha value is -2.28. The Balaban J connectivity index is 2.67. The lowest BCUT2D eigenvalue weighted by molar-refractivity contribution is -0.139. The first-order valence-corrected chi connectivity index (χ1v) is 6.52. The Morgan fingerprint density at radius 1 is 1.38 bits per heavy atom. The third-order valence-electron chi connectivity index (χ3n) is 2.73. The summed E-state index contributed by atoms with van der Waals surface area (Å²) >= 11 is 5.82. The summed E-state index contributed by atoms with van der Waals surface area (Å²) in [7, 11) is 0. The number of carbonyl (C=O) groups is 3. The number of hydrogen-bond donors (Lipinski definition) is 4. The molecule has 1 rings (SSSR count). The number of urea groups is 1. The lowest BCUT2D eigenvalue weighted by atomic mass is 10.1. The average molecular weight is 314 g/mol. The molecule has 3 amide bonds. The highest BCUT2D eigenvalue weighted by atomic mass is 35.5. The van der Waals surface area contributed by atoms with Gasteiger partial charge in [-0.1, -0.05) is 17.7 Å². The summed E-state index contributed by atoms with van der Waals surface area (Å²) in [4.78, 5) is 33.5. The number of nitrogens with two attached hydrogens (primary N) is 1. The van der Waals surface area contributed by atoms with Gasteiger partial charge in [0.25, 0.3) is 0 Å². The van der Waals surface area contributed by atoms with Crippen molar-refractivity contribution in [1.82, 2.24) is 5.32 Å². The molecule has 8 heteroatoms. The van der Waals surface area contributed by atoms with Gasteiger partial charge in [-0.2, -0.15) is 0 Å². The summed E-state index contributed by atoms with van der Waals surface area (Å²) in [6.07, 6.45) is -0.208. The molecule has 0 saturated heterocycles. The fourth-order valence-corrected chi connectivity index (χ4v) is 1.76. The van der Waals surface area contributed by atoms with E-state index in [1.807, 2.05) is 0 Å². The van der Waals surface area contributed by atoms with Crippen molar-refractivity contribution in [1.29, 1.82) is 0 Å². The molecule has 0 bridgehead atoms. The first-order valence-electron chi connectivity index (χ1n) is 6.14. The molecule has 5 N–H and O–H groups in total. The van der Waals surface area contributed by atoms with Crippen molar-refractivity contribution in [2.24, 2.45) is 5.73 Å². The zero-order valence-corrected chi connectivity index (χ0v) is 12.1. The van der Waals surface area contributed by atoms with Crippen molar-refractivity contribution in [2.45, 2.75) is 25.8 Å². The summed E-state index contributed by atoms with van der Waals surface area (Å²) in [6, 6.07) is 3.05. The van der Waals surface area contributed by atoms with Gasteiger partial charge in [0.05, 0.1) is 0 Å². The maximum atomic E-state index is 11.8. The van der Waals surface area contributed by atoms with Crippen LogP contribution in [0.1, 0.15) is 18.4 Å². The van der Waals surface area contributed by atoms with Gasteiger partial charge in [-0.3, -0.25) is 4.79 Å². The van der Waals surface area contributed by atoms with Gasteiger partial charge in [0.15, 0.2) is 0 Å².